The largest absolute Gasteiger partial charge is 0.494 e. The van der Waals surface area contributed by atoms with Gasteiger partial charge < -0.3 is 23.9 Å². The van der Waals surface area contributed by atoms with Gasteiger partial charge in [-0.1, -0.05) is 0 Å². The van der Waals surface area contributed by atoms with Crippen LogP contribution in [0.5, 0.6) is 17.2 Å². The van der Waals surface area contributed by atoms with E-state index in [4.69, 9.17) is 18.9 Å². The van der Waals surface area contributed by atoms with Crippen molar-refractivity contribution in [2.24, 2.45) is 0 Å². The van der Waals surface area contributed by atoms with E-state index in [1.54, 1.807) is 24.3 Å². The molecule has 1 saturated heterocycles. The molecule has 0 spiro atoms. The number of nitrogens with one attached hydrogen (secondary N) is 1. The lowest BCUT2D eigenvalue weighted by atomic mass is 10.1. The third-order valence-electron chi connectivity index (χ3n) is 6.13. The predicted octanol–water partition coefficient (Wildman–Crippen LogP) is 3.07. The molecule has 0 saturated carbocycles. The van der Waals surface area contributed by atoms with E-state index in [9.17, 15) is 13.2 Å². The van der Waals surface area contributed by atoms with Crippen molar-refractivity contribution in [2.75, 3.05) is 33.0 Å². The Morgan fingerprint density at radius 2 is 1.89 bits per heavy atom. The minimum atomic E-state index is -3.97. The van der Waals surface area contributed by atoms with Gasteiger partial charge in [0.05, 0.1) is 17.6 Å². The van der Waals surface area contributed by atoms with E-state index >= 15 is 0 Å². The molecular weight excluding hydrogens is 472 g/mol. The summed E-state index contributed by atoms with van der Waals surface area (Å²) in [4.78, 5) is 15.8. The van der Waals surface area contributed by atoms with Crippen molar-refractivity contribution in [3.05, 3.63) is 58.4 Å². The highest BCUT2D eigenvalue weighted by atomic mass is 32.2. The van der Waals surface area contributed by atoms with Crippen molar-refractivity contribution in [3.8, 4) is 17.2 Å². The fraction of sp³-hybridized carbons (Fsp3) is 0.400. The maximum atomic E-state index is 13.8. The van der Waals surface area contributed by atoms with Crippen molar-refractivity contribution in [1.82, 2.24) is 9.29 Å². The van der Waals surface area contributed by atoms with Gasteiger partial charge >= 0.3 is 0 Å². The summed E-state index contributed by atoms with van der Waals surface area (Å²) in [5, 5.41) is 0.763. The predicted molar refractivity (Wildman–Crippen MR) is 130 cm³/mol. The number of pyridine rings is 1. The first kappa shape index (κ1) is 23.7. The zero-order chi connectivity index (χ0) is 24.4. The lowest BCUT2D eigenvalue weighted by Gasteiger charge is -2.26. The molecule has 0 aliphatic carbocycles. The first-order valence-corrected chi connectivity index (χ1v) is 13.2. The number of ether oxygens (including phenoxy) is 4. The first-order valence-electron chi connectivity index (χ1n) is 11.7. The minimum absolute atomic E-state index is 0.0793. The molecule has 9 nitrogen and oxygen atoms in total. The van der Waals surface area contributed by atoms with Crippen LogP contribution >= 0.6 is 0 Å². The van der Waals surface area contributed by atoms with Gasteiger partial charge in [-0.15, -0.1) is 0 Å². The van der Waals surface area contributed by atoms with E-state index in [-0.39, 0.29) is 29.6 Å². The molecule has 186 valence electrons. The molecule has 2 aliphatic rings. The normalized spacial score (nSPS) is 17.7. The molecule has 5 rings (SSSR count). The highest BCUT2D eigenvalue weighted by Gasteiger charge is 2.31. The van der Waals surface area contributed by atoms with E-state index in [1.165, 1.54) is 16.4 Å². The second-order valence-electron chi connectivity index (χ2n) is 8.54. The molecular formula is C25H28N2O7S. The molecule has 3 heterocycles. The van der Waals surface area contributed by atoms with E-state index in [0.717, 1.165) is 18.2 Å². The lowest BCUT2D eigenvalue weighted by Crippen LogP contribution is -2.38. The van der Waals surface area contributed by atoms with Crippen molar-refractivity contribution in [2.45, 2.75) is 37.3 Å². The summed E-state index contributed by atoms with van der Waals surface area (Å²) in [5.41, 5.74) is 0.657. The molecule has 1 atom stereocenters. The number of sulfonamides is 1. The summed E-state index contributed by atoms with van der Waals surface area (Å²) >= 11 is 0. The highest BCUT2D eigenvalue weighted by molar-refractivity contribution is 7.89. The maximum absolute atomic E-state index is 13.8. The average molecular weight is 501 g/mol. The molecule has 0 amide bonds. The first-order chi connectivity index (χ1) is 16.9. The summed E-state index contributed by atoms with van der Waals surface area (Å²) < 4.78 is 51.3. The number of aromatic amines is 1. The second-order valence-corrected chi connectivity index (χ2v) is 10.5. The van der Waals surface area contributed by atoms with Crippen LogP contribution in [0.3, 0.4) is 0 Å². The van der Waals surface area contributed by atoms with Gasteiger partial charge in [-0.2, -0.15) is 4.31 Å². The van der Waals surface area contributed by atoms with Crippen molar-refractivity contribution >= 4 is 20.9 Å². The zero-order valence-corrected chi connectivity index (χ0v) is 20.3. The molecule has 10 heteroatoms. The zero-order valence-electron chi connectivity index (χ0n) is 19.5. The van der Waals surface area contributed by atoms with Gasteiger partial charge in [-0.3, -0.25) is 4.79 Å². The Morgan fingerprint density at radius 1 is 1.06 bits per heavy atom. The number of fused-ring (bicyclic) bond motifs is 2. The van der Waals surface area contributed by atoms with Crippen LogP contribution in [0.25, 0.3) is 10.9 Å². The number of rotatable bonds is 8. The van der Waals surface area contributed by atoms with Gasteiger partial charge in [0.25, 0.3) is 5.56 Å². The smallest absolute Gasteiger partial charge is 0.252 e. The standard InChI is InChI=1S/C25H28N2O7S/c1-2-31-19-5-7-22-17(13-19)12-18(25(28)26-22)15-27(16-20-4-3-9-32-20)35(29,30)21-6-8-23-24(14-21)34-11-10-33-23/h5-8,12-14,20H,2-4,9-11,15-16H2,1H3,(H,26,28)/t20-/m0/s1. The fourth-order valence-corrected chi connectivity index (χ4v) is 5.86. The van der Waals surface area contributed by atoms with Crippen LogP contribution in [-0.2, 0) is 21.3 Å². The lowest BCUT2D eigenvalue weighted by molar-refractivity contribution is 0.0925. The van der Waals surface area contributed by atoms with E-state index in [0.29, 0.717) is 54.8 Å². The van der Waals surface area contributed by atoms with Crippen LogP contribution in [0.4, 0.5) is 0 Å². The quantitative estimate of drug-likeness (QED) is 0.507. The molecule has 1 fully saturated rings. The maximum Gasteiger partial charge on any atom is 0.252 e. The van der Waals surface area contributed by atoms with Crippen LogP contribution < -0.4 is 19.8 Å². The van der Waals surface area contributed by atoms with E-state index < -0.39 is 10.0 Å². The Morgan fingerprint density at radius 3 is 2.66 bits per heavy atom. The average Bonchev–Trinajstić information content (AvgIpc) is 3.37. The van der Waals surface area contributed by atoms with Crippen LogP contribution in [0.2, 0.25) is 0 Å². The minimum Gasteiger partial charge on any atom is -0.494 e. The number of hydrogen-bond donors (Lipinski definition) is 1. The molecule has 1 N–H and O–H groups in total. The van der Waals surface area contributed by atoms with Gasteiger partial charge in [-0.25, -0.2) is 8.42 Å². The van der Waals surface area contributed by atoms with Gasteiger partial charge in [-0.05, 0) is 56.2 Å². The Labute approximate surface area is 203 Å². The van der Waals surface area contributed by atoms with Crippen molar-refractivity contribution in [3.63, 3.8) is 0 Å². The van der Waals surface area contributed by atoms with Gasteiger partial charge in [0, 0.05) is 42.2 Å². The number of hydrogen-bond acceptors (Lipinski definition) is 7. The summed E-state index contributed by atoms with van der Waals surface area (Å²) in [5.74, 6) is 1.58. The number of benzene rings is 2. The molecule has 35 heavy (non-hydrogen) atoms. The summed E-state index contributed by atoms with van der Waals surface area (Å²) in [7, 11) is -3.97. The second kappa shape index (κ2) is 9.88. The summed E-state index contributed by atoms with van der Waals surface area (Å²) in [6.45, 7) is 3.83. The summed E-state index contributed by atoms with van der Waals surface area (Å²) in [6, 6.07) is 11.7. The third-order valence-corrected chi connectivity index (χ3v) is 7.94. The van der Waals surface area contributed by atoms with Crippen molar-refractivity contribution < 1.29 is 27.4 Å². The van der Waals surface area contributed by atoms with Gasteiger partial charge in [0.2, 0.25) is 10.0 Å². The van der Waals surface area contributed by atoms with E-state index in [1.807, 2.05) is 13.0 Å². The van der Waals surface area contributed by atoms with Crippen molar-refractivity contribution in [1.29, 1.82) is 0 Å². The van der Waals surface area contributed by atoms with Gasteiger partial charge in [0.1, 0.15) is 19.0 Å². The topological polar surface area (TPSA) is 107 Å². The highest BCUT2D eigenvalue weighted by Crippen LogP contribution is 2.34. The van der Waals surface area contributed by atoms with E-state index in [2.05, 4.69) is 4.98 Å². The van der Waals surface area contributed by atoms with Gasteiger partial charge in [0.15, 0.2) is 11.5 Å². The summed E-state index contributed by atoms with van der Waals surface area (Å²) in [6.07, 6.45) is 1.41. The monoisotopic (exact) mass is 500 g/mol. The Balaban J connectivity index is 1.51. The van der Waals surface area contributed by atoms with Crippen LogP contribution in [0, 0.1) is 0 Å². The fourth-order valence-electron chi connectivity index (χ4n) is 4.39. The SMILES string of the molecule is CCOc1ccc2[nH]c(=O)c(CN(C[C@@H]3CCCO3)S(=O)(=O)c3ccc4c(c3)OCCO4)cc2c1. The van der Waals surface area contributed by atoms with Crippen LogP contribution in [0.15, 0.2) is 52.2 Å². The molecule has 0 radical (unpaired) electrons. The Hall–Kier alpha value is -3.08. The molecule has 0 bridgehead atoms. The third kappa shape index (κ3) is 5.00. The molecule has 2 aromatic carbocycles. The van der Waals surface area contributed by atoms with Crippen LogP contribution in [-0.4, -0.2) is 56.8 Å². The number of nitrogens with zero attached hydrogens (tertiary/aromatic N) is 1. The number of H-pyrrole nitrogens is 1. The molecule has 2 aliphatic heterocycles. The Bertz CT molecular complexity index is 1380. The molecule has 0 unspecified atom stereocenters. The Kier molecular flexibility index (Phi) is 6.68. The number of aromatic nitrogens is 1. The van der Waals surface area contributed by atoms with Crippen LogP contribution in [0.1, 0.15) is 25.3 Å². The molecule has 1 aromatic heterocycles. The molecule has 3 aromatic rings.